The van der Waals surface area contributed by atoms with Crippen molar-refractivity contribution >= 4 is 12.0 Å². The maximum atomic E-state index is 13.2. The van der Waals surface area contributed by atoms with Crippen LogP contribution in [0.1, 0.15) is 43.7 Å². The van der Waals surface area contributed by atoms with Crippen LogP contribution in [-0.4, -0.2) is 11.9 Å². The van der Waals surface area contributed by atoms with E-state index < -0.39 is 0 Å². The van der Waals surface area contributed by atoms with Gasteiger partial charge in [-0.1, -0.05) is 44.0 Å². The van der Waals surface area contributed by atoms with Gasteiger partial charge >= 0.3 is 0 Å². The number of hydrogen-bond acceptors (Lipinski definition) is 3. The molecule has 1 saturated carbocycles. The fraction of sp³-hybridized carbons (Fsp3) is 0.333. The molecule has 2 aromatic rings. The number of carbonyl (C=O) groups is 1. The predicted octanol–water partition coefficient (Wildman–Crippen LogP) is 5.01. The Balaban J connectivity index is 1.60. The SMILES string of the molecule is C[C@H]1CCCC[C@H]1NC(=O)/C(C#N)=C/c1ccc(OCc2cccc(F)c2)cc1. The van der Waals surface area contributed by atoms with Gasteiger partial charge in [-0.25, -0.2) is 4.39 Å². The Morgan fingerprint density at radius 2 is 2.00 bits per heavy atom. The Hall–Kier alpha value is -3.13. The number of halogens is 1. The van der Waals surface area contributed by atoms with Crippen LogP contribution in [0.2, 0.25) is 0 Å². The van der Waals surface area contributed by atoms with Gasteiger partial charge in [-0.3, -0.25) is 4.79 Å². The van der Waals surface area contributed by atoms with Crippen molar-refractivity contribution < 1.29 is 13.9 Å². The van der Waals surface area contributed by atoms with Crippen molar-refractivity contribution in [3.63, 3.8) is 0 Å². The lowest BCUT2D eigenvalue weighted by molar-refractivity contribution is -0.118. The second kappa shape index (κ2) is 9.88. The highest BCUT2D eigenvalue weighted by Crippen LogP contribution is 2.24. The quantitative estimate of drug-likeness (QED) is 0.555. The number of nitriles is 1. The molecule has 1 fully saturated rings. The van der Waals surface area contributed by atoms with E-state index in [0.717, 1.165) is 30.4 Å². The molecule has 4 nitrogen and oxygen atoms in total. The van der Waals surface area contributed by atoms with E-state index in [1.807, 2.05) is 6.07 Å². The number of rotatable bonds is 6. The average Bonchev–Trinajstić information content (AvgIpc) is 2.73. The second-order valence-electron chi connectivity index (χ2n) is 7.50. The van der Waals surface area contributed by atoms with E-state index in [0.29, 0.717) is 11.7 Å². The third kappa shape index (κ3) is 5.92. The molecule has 0 bridgehead atoms. The van der Waals surface area contributed by atoms with Gasteiger partial charge in [0.25, 0.3) is 5.91 Å². The van der Waals surface area contributed by atoms with Crippen LogP contribution in [0.15, 0.2) is 54.1 Å². The molecule has 3 rings (SSSR count). The number of amides is 1. The van der Waals surface area contributed by atoms with E-state index in [4.69, 9.17) is 4.74 Å². The molecule has 0 saturated heterocycles. The standard InChI is InChI=1S/C24H25FN2O2/c1-17-5-2-3-8-23(17)27-24(28)20(15-26)13-18-9-11-22(12-10-18)29-16-19-6-4-7-21(25)14-19/h4,6-7,9-14,17,23H,2-3,5,8,16H2,1H3,(H,27,28)/b20-13+/t17-,23+/m0/s1. The van der Waals surface area contributed by atoms with Gasteiger partial charge in [-0.05, 0) is 60.2 Å². The first kappa shape index (κ1) is 20.6. The van der Waals surface area contributed by atoms with Crippen LogP contribution >= 0.6 is 0 Å². The Labute approximate surface area is 171 Å². The minimum atomic E-state index is -0.322. The highest BCUT2D eigenvalue weighted by atomic mass is 19.1. The Morgan fingerprint density at radius 3 is 2.69 bits per heavy atom. The van der Waals surface area contributed by atoms with E-state index in [-0.39, 0.29) is 29.9 Å². The van der Waals surface area contributed by atoms with Gasteiger partial charge in [0.2, 0.25) is 0 Å². The van der Waals surface area contributed by atoms with Crippen molar-refractivity contribution in [2.75, 3.05) is 0 Å². The molecule has 1 N–H and O–H groups in total. The fourth-order valence-electron chi connectivity index (χ4n) is 3.55. The van der Waals surface area contributed by atoms with E-state index in [1.165, 1.54) is 18.6 Å². The molecule has 0 spiro atoms. The number of carbonyl (C=O) groups excluding carboxylic acids is 1. The second-order valence-corrected chi connectivity index (χ2v) is 7.50. The van der Waals surface area contributed by atoms with Crippen LogP contribution in [0.25, 0.3) is 6.08 Å². The van der Waals surface area contributed by atoms with Gasteiger partial charge in [0.1, 0.15) is 29.8 Å². The van der Waals surface area contributed by atoms with Crippen molar-refractivity contribution in [2.24, 2.45) is 5.92 Å². The van der Waals surface area contributed by atoms with Crippen molar-refractivity contribution in [1.29, 1.82) is 5.26 Å². The molecule has 5 heteroatoms. The van der Waals surface area contributed by atoms with Gasteiger partial charge in [-0.2, -0.15) is 5.26 Å². The van der Waals surface area contributed by atoms with Gasteiger partial charge in [0.05, 0.1) is 0 Å². The molecule has 29 heavy (non-hydrogen) atoms. The first-order valence-corrected chi connectivity index (χ1v) is 9.95. The highest BCUT2D eigenvalue weighted by Gasteiger charge is 2.24. The largest absolute Gasteiger partial charge is 0.489 e. The number of nitrogens with one attached hydrogen (secondary N) is 1. The summed E-state index contributed by atoms with van der Waals surface area (Å²) in [7, 11) is 0. The van der Waals surface area contributed by atoms with Crippen LogP contribution < -0.4 is 10.1 Å². The third-order valence-corrected chi connectivity index (χ3v) is 5.28. The fourth-order valence-corrected chi connectivity index (χ4v) is 3.55. The molecule has 0 unspecified atom stereocenters. The number of benzene rings is 2. The summed E-state index contributed by atoms with van der Waals surface area (Å²) in [4.78, 5) is 12.5. The van der Waals surface area contributed by atoms with Crippen molar-refractivity contribution in [3.8, 4) is 11.8 Å². The lowest BCUT2D eigenvalue weighted by atomic mass is 9.86. The zero-order chi connectivity index (χ0) is 20.6. The van der Waals surface area contributed by atoms with E-state index >= 15 is 0 Å². The summed E-state index contributed by atoms with van der Waals surface area (Å²) < 4.78 is 18.9. The number of nitrogens with zero attached hydrogens (tertiary/aromatic N) is 1. The summed E-state index contributed by atoms with van der Waals surface area (Å²) in [5.74, 6) is 0.446. The maximum Gasteiger partial charge on any atom is 0.262 e. The zero-order valence-electron chi connectivity index (χ0n) is 16.5. The summed E-state index contributed by atoms with van der Waals surface area (Å²) in [5.41, 5.74) is 1.58. The first-order valence-electron chi connectivity index (χ1n) is 9.95. The normalized spacial score (nSPS) is 19.3. The lowest BCUT2D eigenvalue weighted by Crippen LogP contribution is -2.41. The highest BCUT2D eigenvalue weighted by molar-refractivity contribution is 6.01. The summed E-state index contributed by atoms with van der Waals surface area (Å²) in [6, 6.07) is 15.5. The third-order valence-electron chi connectivity index (χ3n) is 5.28. The Bertz CT molecular complexity index is 915. The average molecular weight is 392 g/mol. The molecule has 2 aromatic carbocycles. The summed E-state index contributed by atoms with van der Waals surface area (Å²) in [5, 5.41) is 12.4. The van der Waals surface area contributed by atoms with Gasteiger partial charge < -0.3 is 10.1 Å². The number of hydrogen-bond donors (Lipinski definition) is 1. The molecule has 1 aliphatic carbocycles. The van der Waals surface area contributed by atoms with Crippen LogP contribution in [0.5, 0.6) is 5.75 Å². The van der Waals surface area contributed by atoms with Crippen LogP contribution in [-0.2, 0) is 11.4 Å². The van der Waals surface area contributed by atoms with Gasteiger partial charge in [0, 0.05) is 6.04 Å². The minimum Gasteiger partial charge on any atom is -0.489 e. The molecule has 0 aliphatic heterocycles. The van der Waals surface area contributed by atoms with Gasteiger partial charge in [-0.15, -0.1) is 0 Å². The zero-order valence-corrected chi connectivity index (χ0v) is 16.5. The Kier molecular flexibility index (Phi) is 7.02. The van der Waals surface area contributed by atoms with Crippen LogP contribution in [0.3, 0.4) is 0 Å². The van der Waals surface area contributed by atoms with Crippen LogP contribution in [0.4, 0.5) is 4.39 Å². The smallest absolute Gasteiger partial charge is 0.262 e. The van der Waals surface area contributed by atoms with E-state index in [2.05, 4.69) is 12.2 Å². The summed E-state index contributed by atoms with van der Waals surface area (Å²) in [6.07, 6.45) is 5.95. The molecule has 0 radical (unpaired) electrons. The number of ether oxygens (including phenoxy) is 1. The molecule has 1 aliphatic rings. The van der Waals surface area contributed by atoms with Crippen LogP contribution in [0, 0.1) is 23.1 Å². The topological polar surface area (TPSA) is 62.1 Å². The summed E-state index contributed by atoms with van der Waals surface area (Å²) >= 11 is 0. The predicted molar refractivity (Wildman–Crippen MR) is 110 cm³/mol. The minimum absolute atomic E-state index is 0.0937. The van der Waals surface area contributed by atoms with E-state index in [9.17, 15) is 14.4 Å². The molecular weight excluding hydrogens is 367 g/mol. The van der Waals surface area contributed by atoms with Crippen molar-refractivity contribution in [1.82, 2.24) is 5.32 Å². The van der Waals surface area contributed by atoms with Gasteiger partial charge in [0.15, 0.2) is 0 Å². The molecule has 150 valence electrons. The van der Waals surface area contributed by atoms with Crippen molar-refractivity contribution in [3.05, 3.63) is 71.0 Å². The molecule has 0 heterocycles. The van der Waals surface area contributed by atoms with E-state index in [1.54, 1.807) is 42.5 Å². The lowest BCUT2D eigenvalue weighted by Gasteiger charge is -2.29. The van der Waals surface area contributed by atoms with Crippen molar-refractivity contribution in [2.45, 2.75) is 45.3 Å². The monoisotopic (exact) mass is 392 g/mol. The Morgan fingerprint density at radius 1 is 1.24 bits per heavy atom. The summed E-state index contributed by atoms with van der Waals surface area (Å²) in [6.45, 7) is 2.40. The molecule has 1 amide bonds. The molecule has 0 aromatic heterocycles. The molecule has 2 atom stereocenters. The first-order chi connectivity index (χ1) is 14.0. The molecular formula is C24H25FN2O2. The maximum absolute atomic E-state index is 13.2.